The minimum absolute atomic E-state index is 0.119. The zero-order valence-corrected chi connectivity index (χ0v) is 15.7. The van der Waals surface area contributed by atoms with E-state index in [0.717, 1.165) is 4.90 Å². The Hall–Kier alpha value is -4.33. The quantitative estimate of drug-likeness (QED) is 0.271. The van der Waals surface area contributed by atoms with Crippen LogP contribution in [-0.2, 0) is 0 Å². The van der Waals surface area contributed by atoms with Crippen LogP contribution in [0.1, 0.15) is 38.0 Å². The van der Waals surface area contributed by atoms with Crippen molar-refractivity contribution in [3.63, 3.8) is 0 Å². The summed E-state index contributed by atoms with van der Waals surface area (Å²) in [5, 5.41) is 10.9. The Labute approximate surface area is 170 Å². The van der Waals surface area contributed by atoms with Crippen LogP contribution in [0.2, 0.25) is 0 Å². The minimum atomic E-state index is -0.535. The predicted octanol–water partition coefficient (Wildman–Crippen LogP) is 4.39. The van der Waals surface area contributed by atoms with Crippen molar-refractivity contribution < 1.29 is 24.0 Å². The van der Waals surface area contributed by atoms with Gasteiger partial charge in [-0.15, -0.1) is 0 Å². The highest BCUT2D eigenvalue weighted by molar-refractivity contribution is 6.34. The van der Waals surface area contributed by atoms with Gasteiger partial charge in [0.25, 0.3) is 17.5 Å². The number of carbonyl (C=O) groups is 3. The molecule has 148 valence electrons. The first kappa shape index (κ1) is 19.0. The Morgan fingerprint density at radius 1 is 0.900 bits per heavy atom. The van der Waals surface area contributed by atoms with Crippen molar-refractivity contribution in [3.8, 4) is 11.5 Å². The number of imide groups is 1. The molecule has 0 unspecified atom stereocenters. The number of ketones is 1. The molecule has 3 aromatic carbocycles. The van der Waals surface area contributed by atoms with Crippen molar-refractivity contribution >= 4 is 29.0 Å². The highest BCUT2D eigenvalue weighted by Gasteiger charge is 2.37. The van der Waals surface area contributed by atoms with E-state index in [1.807, 2.05) is 0 Å². The van der Waals surface area contributed by atoms with Crippen LogP contribution in [0.15, 0.2) is 66.7 Å². The lowest BCUT2D eigenvalue weighted by Gasteiger charge is -2.13. The van der Waals surface area contributed by atoms with Crippen LogP contribution in [0.3, 0.4) is 0 Å². The fraction of sp³-hybridized carbons (Fsp3) is 0.0455. The van der Waals surface area contributed by atoms with Gasteiger partial charge in [0, 0.05) is 11.6 Å². The van der Waals surface area contributed by atoms with Crippen LogP contribution in [0.25, 0.3) is 0 Å². The molecular weight excluding hydrogens is 388 g/mol. The first-order valence-electron chi connectivity index (χ1n) is 8.91. The molecule has 0 fully saturated rings. The number of nitrogens with zero attached hydrogens (tertiary/aromatic N) is 2. The minimum Gasteiger partial charge on any atom is -0.457 e. The van der Waals surface area contributed by atoms with Crippen molar-refractivity contribution in [2.75, 3.05) is 4.90 Å². The SMILES string of the molecule is CC(=O)c1ccc(N2C(=O)c3ccc(Oc4cccc([N+](=O)[O-])c4)cc3C2=O)cc1. The topological polar surface area (TPSA) is 107 Å². The summed E-state index contributed by atoms with van der Waals surface area (Å²) < 4.78 is 5.64. The van der Waals surface area contributed by atoms with Crippen LogP contribution in [0, 0.1) is 10.1 Å². The van der Waals surface area contributed by atoms with E-state index in [1.54, 1.807) is 30.3 Å². The number of Topliss-reactive ketones (excluding diaryl/α,β-unsaturated/α-hetero) is 1. The third kappa shape index (κ3) is 3.30. The lowest BCUT2D eigenvalue weighted by atomic mass is 10.1. The number of nitro groups is 1. The second-order valence-corrected chi connectivity index (χ2v) is 6.61. The molecule has 0 saturated heterocycles. The average molecular weight is 402 g/mol. The third-order valence-electron chi connectivity index (χ3n) is 4.65. The largest absolute Gasteiger partial charge is 0.457 e. The molecular formula is C22H14N2O6. The number of ether oxygens (including phenoxy) is 1. The number of benzene rings is 3. The zero-order chi connectivity index (χ0) is 21.4. The summed E-state index contributed by atoms with van der Waals surface area (Å²) in [6.07, 6.45) is 0. The molecule has 30 heavy (non-hydrogen) atoms. The van der Waals surface area contributed by atoms with Gasteiger partial charge in [0.2, 0.25) is 0 Å². The van der Waals surface area contributed by atoms with Gasteiger partial charge in [-0.2, -0.15) is 0 Å². The van der Waals surface area contributed by atoms with E-state index < -0.39 is 16.7 Å². The molecule has 3 aromatic rings. The van der Waals surface area contributed by atoms with Gasteiger partial charge in [0.1, 0.15) is 11.5 Å². The number of non-ortho nitro benzene ring substituents is 1. The van der Waals surface area contributed by atoms with Crippen molar-refractivity contribution in [2.45, 2.75) is 6.92 Å². The van der Waals surface area contributed by atoms with Gasteiger partial charge in [-0.3, -0.25) is 24.5 Å². The zero-order valence-electron chi connectivity index (χ0n) is 15.7. The number of fused-ring (bicyclic) bond motifs is 1. The summed E-state index contributed by atoms with van der Waals surface area (Å²) in [4.78, 5) is 48.4. The molecule has 1 heterocycles. The van der Waals surface area contributed by atoms with Gasteiger partial charge in [0.05, 0.1) is 27.8 Å². The molecule has 1 aliphatic rings. The molecule has 0 aliphatic carbocycles. The molecule has 1 aliphatic heterocycles. The van der Waals surface area contributed by atoms with Crippen LogP contribution in [0.5, 0.6) is 11.5 Å². The van der Waals surface area contributed by atoms with Crippen molar-refractivity contribution in [3.05, 3.63) is 93.5 Å². The van der Waals surface area contributed by atoms with E-state index in [0.29, 0.717) is 11.3 Å². The monoisotopic (exact) mass is 402 g/mol. The summed E-state index contributed by atoms with van der Waals surface area (Å²) in [6, 6.07) is 16.3. The Bertz CT molecular complexity index is 1220. The Balaban J connectivity index is 1.63. The maximum Gasteiger partial charge on any atom is 0.273 e. The average Bonchev–Trinajstić information content (AvgIpc) is 2.98. The second-order valence-electron chi connectivity index (χ2n) is 6.61. The molecule has 8 heteroatoms. The van der Waals surface area contributed by atoms with Gasteiger partial charge in [-0.05, 0) is 55.5 Å². The van der Waals surface area contributed by atoms with E-state index >= 15 is 0 Å². The molecule has 4 rings (SSSR count). The smallest absolute Gasteiger partial charge is 0.273 e. The Morgan fingerprint density at radius 2 is 1.57 bits per heavy atom. The van der Waals surface area contributed by atoms with Gasteiger partial charge in [0.15, 0.2) is 5.78 Å². The summed E-state index contributed by atoms with van der Waals surface area (Å²) in [7, 11) is 0. The summed E-state index contributed by atoms with van der Waals surface area (Å²) in [6.45, 7) is 1.43. The Morgan fingerprint density at radius 3 is 2.23 bits per heavy atom. The van der Waals surface area contributed by atoms with E-state index in [4.69, 9.17) is 4.74 Å². The lowest BCUT2D eigenvalue weighted by molar-refractivity contribution is -0.384. The number of amides is 2. The van der Waals surface area contributed by atoms with Gasteiger partial charge in [-0.1, -0.05) is 6.07 Å². The maximum atomic E-state index is 12.9. The molecule has 0 atom stereocenters. The lowest BCUT2D eigenvalue weighted by Crippen LogP contribution is -2.29. The van der Waals surface area contributed by atoms with E-state index in [2.05, 4.69) is 0 Å². The number of carbonyl (C=O) groups excluding carboxylic acids is 3. The summed E-state index contributed by atoms with van der Waals surface area (Å²) in [5.74, 6) is -0.615. The fourth-order valence-corrected chi connectivity index (χ4v) is 3.16. The first-order valence-corrected chi connectivity index (χ1v) is 8.91. The molecule has 2 amide bonds. The third-order valence-corrected chi connectivity index (χ3v) is 4.65. The summed E-state index contributed by atoms with van der Waals surface area (Å²) >= 11 is 0. The second kappa shape index (κ2) is 7.25. The molecule has 0 N–H and O–H groups in total. The van der Waals surface area contributed by atoms with Crippen molar-refractivity contribution in [1.29, 1.82) is 0 Å². The van der Waals surface area contributed by atoms with Crippen molar-refractivity contribution in [1.82, 2.24) is 0 Å². The van der Waals surface area contributed by atoms with Gasteiger partial charge in [-0.25, -0.2) is 4.90 Å². The molecule has 0 spiro atoms. The number of rotatable bonds is 5. The molecule has 8 nitrogen and oxygen atoms in total. The highest BCUT2D eigenvalue weighted by atomic mass is 16.6. The molecule has 0 radical (unpaired) electrons. The number of nitro benzene ring substituents is 1. The standard InChI is InChI=1S/C22H14N2O6/c1-13(25)14-5-7-15(8-6-14)23-21(26)19-10-9-18(12-20(19)22(23)27)30-17-4-2-3-16(11-17)24(28)29/h2-12H,1H3. The van der Waals surface area contributed by atoms with E-state index in [-0.39, 0.29) is 34.1 Å². The Kier molecular flexibility index (Phi) is 4.59. The number of hydrogen-bond acceptors (Lipinski definition) is 6. The number of hydrogen-bond donors (Lipinski definition) is 0. The first-order chi connectivity index (χ1) is 14.3. The highest BCUT2D eigenvalue weighted by Crippen LogP contribution is 2.33. The van der Waals surface area contributed by atoms with Crippen LogP contribution < -0.4 is 9.64 Å². The van der Waals surface area contributed by atoms with E-state index in [1.165, 1.54) is 43.3 Å². The van der Waals surface area contributed by atoms with Gasteiger partial charge >= 0.3 is 0 Å². The maximum absolute atomic E-state index is 12.9. The van der Waals surface area contributed by atoms with Gasteiger partial charge < -0.3 is 4.74 Å². The molecule has 0 bridgehead atoms. The normalized spacial score (nSPS) is 12.6. The fourth-order valence-electron chi connectivity index (χ4n) is 3.16. The van der Waals surface area contributed by atoms with Crippen LogP contribution >= 0.6 is 0 Å². The van der Waals surface area contributed by atoms with Crippen LogP contribution in [0.4, 0.5) is 11.4 Å². The van der Waals surface area contributed by atoms with Crippen LogP contribution in [-0.4, -0.2) is 22.5 Å². The summed E-state index contributed by atoms with van der Waals surface area (Å²) in [5.41, 5.74) is 1.09. The molecule has 0 aromatic heterocycles. The number of anilines is 1. The predicted molar refractivity (Wildman–Crippen MR) is 107 cm³/mol. The van der Waals surface area contributed by atoms with E-state index in [9.17, 15) is 24.5 Å². The van der Waals surface area contributed by atoms with Crippen molar-refractivity contribution in [2.24, 2.45) is 0 Å². The molecule has 0 saturated carbocycles.